The van der Waals surface area contributed by atoms with E-state index in [1.165, 1.54) is 5.56 Å². The van der Waals surface area contributed by atoms with Gasteiger partial charge in [-0.1, -0.05) is 20.3 Å². The van der Waals surface area contributed by atoms with Gasteiger partial charge in [0, 0.05) is 25.8 Å². The van der Waals surface area contributed by atoms with Crippen LogP contribution in [0.3, 0.4) is 0 Å². The molecule has 0 spiro atoms. The first-order valence-corrected chi connectivity index (χ1v) is 9.11. The van der Waals surface area contributed by atoms with Crippen molar-refractivity contribution in [1.29, 1.82) is 0 Å². The fraction of sp³-hybridized carbons (Fsp3) is 0.833. The zero-order valence-electron chi connectivity index (χ0n) is 14.6. The lowest BCUT2D eigenvalue weighted by atomic mass is 9.67. The fourth-order valence-electron chi connectivity index (χ4n) is 4.06. The average Bonchev–Trinajstić information content (AvgIpc) is 2.89. The minimum Gasteiger partial charge on any atom is -0.302 e. The van der Waals surface area contributed by atoms with Gasteiger partial charge in [0.2, 0.25) is 0 Å². The van der Waals surface area contributed by atoms with Gasteiger partial charge in [0.15, 0.2) is 0 Å². The van der Waals surface area contributed by atoms with E-state index in [-0.39, 0.29) is 6.54 Å². The molecule has 136 valence electrons. The Balaban J connectivity index is 1.53. The molecule has 3 nitrogen and oxygen atoms in total. The van der Waals surface area contributed by atoms with Crippen molar-refractivity contribution in [3.05, 3.63) is 18.0 Å². The Morgan fingerprint density at radius 2 is 1.92 bits per heavy atom. The molecule has 1 aromatic rings. The van der Waals surface area contributed by atoms with Gasteiger partial charge in [-0.2, -0.15) is 18.3 Å². The normalized spacial score (nSPS) is 22.8. The van der Waals surface area contributed by atoms with Gasteiger partial charge < -0.3 is 4.90 Å². The highest BCUT2D eigenvalue weighted by atomic mass is 19.4. The number of hydrogen-bond acceptors (Lipinski definition) is 2. The van der Waals surface area contributed by atoms with Crippen LogP contribution in [0.4, 0.5) is 13.2 Å². The maximum atomic E-state index is 13.3. The highest BCUT2D eigenvalue weighted by molar-refractivity contribution is 5.05. The Bertz CT molecular complexity index is 538. The molecule has 3 rings (SSSR count). The van der Waals surface area contributed by atoms with Crippen LogP contribution in [0.5, 0.6) is 0 Å². The van der Waals surface area contributed by atoms with Gasteiger partial charge in [-0.25, -0.2) is 0 Å². The van der Waals surface area contributed by atoms with Crippen LogP contribution in [0.25, 0.3) is 0 Å². The molecule has 0 N–H and O–H groups in total. The molecule has 2 fully saturated rings. The molecule has 0 atom stereocenters. The molecule has 1 aromatic heterocycles. The summed E-state index contributed by atoms with van der Waals surface area (Å²) in [7, 11) is 0. The van der Waals surface area contributed by atoms with E-state index in [2.05, 4.69) is 25.1 Å². The van der Waals surface area contributed by atoms with E-state index < -0.39 is 11.6 Å². The van der Waals surface area contributed by atoms with Crippen LogP contribution in [0.2, 0.25) is 0 Å². The van der Waals surface area contributed by atoms with Gasteiger partial charge >= 0.3 is 6.18 Å². The fourth-order valence-corrected chi connectivity index (χ4v) is 4.06. The van der Waals surface area contributed by atoms with E-state index in [0.29, 0.717) is 31.2 Å². The lowest BCUT2D eigenvalue weighted by Crippen LogP contribution is -2.53. The zero-order chi connectivity index (χ0) is 17.4. The number of alkyl halides is 3. The van der Waals surface area contributed by atoms with E-state index in [9.17, 15) is 13.2 Å². The summed E-state index contributed by atoms with van der Waals surface area (Å²) in [5, 5.41) is 4.48. The summed E-state index contributed by atoms with van der Waals surface area (Å²) < 4.78 is 42.0. The summed E-state index contributed by atoms with van der Waals surface area (Å²) in [6.07, 6.45) is 4.09. The van der Waals surface area contributed by atoms with Gasteiger partial charge in [-0.3, -0.25) is 4.68 Å². The number of nitrogens with zero attached hydrogens (tertiary/aromatic N) is 3. The van der Waals surface area contributed by atoms with Crippen molar-refractivity contribution in [2.24, 2.45) is 11.3 Å². The van der Waals surface area contributed by atoms with Crippen LogP contribution in [-0.4, -0.2) is 40.5 Å². The van der Waals surface area contributed by atoms with Crippen LogP contribution in [0.1, 0.15) is 57.6 Å². The predicted molar refractivity (Wildman–Crippen MR) is 87.8 cm³/mol. The number of halogens is 3. The number of hydrogen-bond donors (Lipinski definition) is 0. The van der Waals surface area contributed by atoms with Crippen LogP contribution < -0.4 is 0 Å². The van der Waals surface area contributed by atoms with E-state index in [1.807, 2.05) is 15.8 Å². The molecule has 0 amide bonds. The smallest absolute Gasteiger partial charge is 0.302 e. The third-order valence-electron chi connectivity index (χ3n) is 5.67. The second-order valence-electron chi connectivity index (χ2n) is 8.07. The van der Waals surface area contributed by atoms with E-state index in [0.717, 1.165) is 32.4 Å². The largest absolute Gasteiger partial charge is 0.395 e. The van der Waals surface area contributed by atoms with Crippen molar-refractivity contribution in [1.82, 2.24) is 14.7 Å². The van der Waals surface area contributed by atoms with E-state index in [1.54, 1.807) is 0 Å². The minimum absolute atomic E-state index is 0.181. The molecule has 24 heavy (non-hydrogen) atoms. The quantitative estimate of drug-likeness (QED) is 0.787. The number of likely N-dealkylation sites (tertiary alicyclic amines) is 1. The molecular formula is C18H28F3N3. The molecule has 0 unspecified atom stereocenters. The summed E-state index contributed by atoms with van der Waals surface area (Å²) in [4.78, 5) is 2.02. The zero-order valence-corrected chi connectivity index (χ0v) is 14.6. The molecular weight excluding hydrogens is 315 g/mol. The first-order chi connectivity index (χ1) is 11.3. The van der Waals surface area contributed by atoms with Gasteiger partial charge in [0.25, 0.3) is 0 Å². The summed E-state index contributed by atoms with van der Waals surface area (Å²) in [5.41, 5.74) is -0.186. The standard InChI is InChI=1S/C18H28F3N3/c1-14(2)10-15-11-22-24(12-15)16-4-8-23(9-5-16)13-17(6-3-7-17)18(19,20)21/h11-12,14,16H,3-10,13H2,1-2H3. The topological polar surface area (TPSA) is 21.1 Å². The van der Waals surface area contributed by atoms with E-state index in [4.69, 9.17) is 0 Å². The average molecular weight is 343 g/mol. The summed E-state index contributed by atoms with van der Waals surface area (Å²) in [5.74, 6) is 0.602. The Kier molecular flexibility index (Phi) is 4.96. The molecule has 2 heterocycles. The van der Waals surface area contributed by atoms with E-state index >= 15 is 0 Å². The van der Waals surface area contributed by atoms with Crippen molar-refractivity contribution in [3.63, 3.8) is 0 Å². The summed E-state index contributed by atoms with van der Waals surface area (Å²) in [6.45, 7) is 6.03. The summed E-state index contributed by atoms with van der Waals surface area (Å²) in [6, 6.07) is 0.324. The highest BCUT2D eigenvalue weighted by Gasteiger charge is 2.58. The first-order valence-electron chi connectivity index (χ1n) is 9.11. The van der Waals surface area contributed by atoms with Gasteiger partial charge in [-0.15, -0.1) is 0 Å². The second kappa shape index (κ2) is 6.70. The maximum Gasteiger partial charge on any atom is 0.395 e. The van der Waals surface area contributed by atoms with Crippen molar-refractivity contribution in [2.45, 2.75) is 64.6 Å². The number of piperidine rings is 1. The molecule has 0 bridgehead atoms. The highest BCUT2D eigenvalue weighted by Crippen LogP contribution is 2.53. The first kappa shape index (κ1) is 17.8. The maximum absolute atomic E-state index is 13.3. The lowest BCUT2D eigenvalue weighted by molar-refractivity contribution is -0.256. The van der Waals surface area contributed by atoms with Crippen molar-refractivity contribution in [3.8, 4) is 0 Å². The molecule has 1 saturated carbocycles. The van der Waals surface area contributed by atoms with Crippen LogP contribution in [0, 0.1) is 11.3 Å². The lowest BCUT2D eigenvalue weighted by Gasteiger charge is -2.47. The van der Waals surface area contributed by atoms with Crippen molar-refractivity contribution < 1.29 is 13.2 Å². The number of rotatable bonds is 5. The molecule has 1 saturated heterocycles. The Hall–Kier alpha value is -1.04. The molecule has 0 aromatic carbocycles. The molecule has 1 aliphatic carbocycles. The minimum atomic E-state index is -4.06. The van der Waals surface area contributed by atoms with Crippen LogP contribution in [0.15, 0.2) is 12.4 Å². The van der Waals surface area contributed by atoms with Crippen molar-refractivity contribution >= 4 is 0 Å². The van der Waals surface area contributed by atoms with Gasteiger partial charge in [0.05, 0.1) is 17.7 Å². The molecule has 1 aliphatic heterocycles. The molecule has 2 aliphatic rings. The van der Waals surface area contributed by atoms with Crippen molar-refractivity contribution in [2.75, 3.05) is 19.6 Å². The third-order valence-corrected chi connectivity index (χ3v) is 5.67. The number of aromatic nitrogens is 2. The van der Waals surface area contributed by atoms with Crippen LogP contribution in [-0.2, 0) is 6.42 Å². The Labute approximate surface area is 142 Å². The van der Waals surface area contributed by atoms with Gasteiger partial charge in [-0.05, 0) is 43.6 Å². The SMILES string of the molecule is CC(C)Cc1cnn(C2CCN(CC3(C(F)(F)F)CCC3)CC2)c1. The monoisotopic (exact) mass is 343 g/mol. The van der Waals surface area contributed by atoms with Crippen LogP contribution >= 0.6 is 0 Å². The molecule has 6 heteroatoms. The summed E-state index contributed by atoms with van der Waals surface area (Å²) >= 11 is 0. The predicted octanol–water partition coefficient (Wildman–Crippen LogP) is 4.45. The third kappa shape index (κ3) is 3.63. The second-order valence-corrected chi connectivity index (χ2v) is 8.07. The Morgan fingerprint density at radius 1 is 1.25 bits per heavy atom. The Morgan fingerprint density at radius 3 is 2.42 bits per heavy atom. The van der Waals surface area contributed by atoms with Gasteiger partial charge in [0.1, 0.15) is 0 Å². The molecule has 0 radical (unpaired) electrons.